The molecule has 0 saturated heterocycles. The number of nitrogens with zero attached hydrogens (tertiary/aromatic N) is 1. The maximum atomic E-state index is 12.3. The minimum atomic E-state index is -0.195. The number of carbonyl (C=O) groups is 1. The third kappa shape index (κ3) is 2.82. The summed E-state index contributed by atoms with van der Waals surface area (Å²) in [5.74, 6) is 0.975. The van der Waals surface area contributed by atoms with E-state index in [2.05, 4.69) is 29.1 Å². The lowest BCUT2D eigenvalue weighted by Crippen LogP contribution is -2.11. The number of amides is 1. The average Bonchev–Trinajstić information content (AvgIpc) is 3.12. The highest BCUT2D eigenvalue weighted by Crippen LogP contribution is 2.26. The Kier molecular flexibility index (Phi) is 3.85. The van der Waals surface area contributed by atoms with Crippen LogP contribution in [0.25, 0.3) is 10.9 Å². The lowest BCUT2D eigenvalue weighted by atomic mass is 10.2. The van der Waals surface area contributed by atoms with Crippen LogP contribution in [0.3, 0.4) is 0 Å². The van der Waals surface area contributed by atoms with Crippen LogP contribution in [0.5, 0.6) is 5.75 Å². The molecule has 114 valence electrons. The SMILES string of the molecule is COc1ccc2[nH]c(C(=O)Nc3ncc(C(C)C)s3)cc2c1. The van der Waals surface area contributed by atoms with Crippen molar-refractivity contribution in [3.8, 4) is 5.75 Å². The molecule has 0 aliphatic carbocycles. The van der Waals surface area contributed by atoms with E-state index in [1.54, 1.807) is 13.3 Å². The smallest absolute Gasteiger partial charge is 0.273 e. The van der Waals surface area contributed by atoms with Crippen molar-refractivity contribution in [1.29, 1.82) is 0 Å². The Morgan fingerprint density at radius 3 is 2.86 bits per heavy atom. The Balaban J connectivity index is 1.82. The van der Waals surface area contributed by atoms with Crippen LogP contribution in [-0.4, -0.2) is 23.0 Å². The van der Waals surface area contributed by atoms with Gasteiger partial charge >= 0.3 is 0 Å². The van der Waals surface area contributed by atoms with Crippen LogP contribution < -0.4 is 10.1 Å². The van der Waals surface area contributed by atoms with Crippen molar-refractivity contribution in [2.45, 2.75) is 19.8 Å². The standard InChI is InChI=1S/C16H17N3O2S/c1-9(2)14-8-17-16(22-14)19-15(20)13-7-10-6-11(21-3)4-5-12(10)18-13/h4-9,18H,1-3H3,(H,17,19,20). The number of aromatic nitrogens is 2. The summed E-state index contributed by atoms with van der Waals surface area (Å²) >= 11 is 1.50. The van der Waals surface area contributed by atoms with Crippen LogP contribution >= 0.6 is 11.3 Å². The van der Waals surface area contributed by atoms with E-state index >= 15 is 0 Å². The van der Waals surface area contributed by atoms with Crippen molar-refractivity contribution in [3.05, 3.63) is 41.0 Å². The fraction of sp³-hybridized carbons (Fsp3) is 0.250. The Hall–Kier alpha value is -2.34. The molecule has 3 rings (SSSR count). The predicted octanol–water partition coefficient (Wildman–Crippen LogP) is 4.01. The normalized spacial score (nSPS) is 11.1. The first kappa shape index (κ1) is 14.6. The van der Waals surface area contributed by atoms with Crippen molar-refractivity contribution in [3.63, 3.8) is 0 Å². The summed E-state index contributed by atoms with van der Waals surface area (Å²) in [5, 5.41) is 4.38. The number of aromatic amines is 1. The van der Waals surface area contributed by atoms with Gasteiger partial charge in [-0.2, -0.15) is 0 Å². The number of H-pyrrole nitrogens is 1. The van der Waals surface area contributed by atoms with Crippen molar-refractivity contribution < 1.29 is 9.53 Å². The molecule has 0 aliphatic heterocycles. The lowest BCUT2D eigenvalue weighted by molar-refractivity contribution is 0.102. The van der Waals surface area contributed by atoms with Crippen molar-refractivity contribution in [2.24, 2.45) is 0 Å². The monoisotopic (exact) mass is 315 g/mol. The molecule has 0 radical (unpaired) electrons. The summed E-state index contributed by atoms with van der Waals surface area (Å²) in [4.78, 5) is 20.8. The summed E-state index contributed by atoms with van der Waals surface area (Å²) < 4.78 is 5.19. The Bertz CT molecular complexity index is 820. The largest absolute Gasteiger partial charge is 0.497 e. The van der Waals surface area contributed by atoms with Gasteiger partial charge in [-0.3, -0.25) is 10.1 Å². The molecule has 2 N–H and O–H groups in total. The van der Waals surface area contributed by atoms with Gasteiger partial charge in [0.15, 0.2) is 5.13 Å². The highest BCUT2D eigenvalue weighted by molar-refractivity contribution is 7.15. The first-order valence-electron chi connectivity index (χ1n) is 7.00. The Morgan fingerprint density at radius 2 is 2.18 bits per heavy atom. The molecule has 0 atom stereocenters. The van der Waals surface area contributed by atoms with Crippen LogP contribution in [0.15, 0.2) is 30.5 Å². The number of rotatable bonds is 4. The maximum absolute atomic E-state index is 12.3. The molecule has 1 amide bonds. The number of hydrogen-bond donors (Lipinski definition) is 2. The molecule has 2 heterocycles. The predicted molar refractivity (Wildman–Crippen MR) is 89.0 cm³/mol. The molecule has 0 aliphatic rings. The quantitative estimate of drug-likeness (QED) is 0.764. The van der Waals surface area contributed by atoms with E-state index in [1.165, 1.54) is 11.3 Å². The average molecular weight is 315 g/mol. The van der Waals surface area contributed by atoms with E-state index in [4.69, 9.17) is 4.74 Å². The van der Waals surface area contributed by atoms with Crippen molar-refractivity contribution >= 4 is 33.3 Å². The molecule has 0 saturated carbocycles. The second-order valence-corrected chi connectivity index (χ2v) is 6.38. The van der Waals surface area contributed by atoms with Crippen LogP contribution in [-0.2, 0) is 0 Å². The van der Waals surface area contributed by atoms with Crippen LogP contribution in [0.1, 0.15) is 35.1 Å². The van der Waals surface area contributed by atoms with Gasteiger partial charge < -0.3 is 9.72 Å². The van der Waals surface area contributed by atoms with Gasteiger partial charge in [-0.1, -0.05) is 13.8 Å². The molecule has 6 heteroatoms. The van der Waals surface area contributed by atoms with E-state index in [-0.39, 0.29) is 5.91 Å². The zero-order valence-electron chi connectivity index (χ0n) is 12.6. The van der Waals surface area contributed by atoms with Gasteiger partial charge in [0.05, 0.1) is 7.11 Å². The second-order valence-electron chi connectivity index (χ2n) is 5.31. The molecule has 0 unspecified atom stereocenters. The number of nitrogens with one attached hydrogen (secondary N) is 2. The molecule has 2 aromatic heterocycles. The number of ether oxygens (including phenoxy) is 1. The number of methoxy groups -OCH3 is 1. The third-order valence-electron chi connectivity index (χ3n) is 3.39. The first-order chi connectivity index (χ1) is 10.6. The zero-order chi connectivity index (χ0) is 15.7. The fourth-order valence-corrected chi connectivity index (χ4v) is 2.95. The molecular weight excluding hydrogens is 298 g/mol. The van der Waals surface area contributed by atoms with E-state index < -0.39 is 0 Å². The summed E-state index contributed by atoms with van der Waals surface area (Å²) in [6.07, 6.45) is 1.81. The van der Waals surface area contributed by atoms with Gasteiger partial charge in [-0.05, 0) is 30.2 Å². The van der Waals surface area contributed by atoms with Crippen molar-refractivity contribution in [2.75, 3.05) is 12.4 Å². The number of thiazole rings is 1. The molecule has 0 bridgehead atoms. The van der Waals surface area contributed by atoms with Gasteiger partial charge in [0.2, 0.25) is 0 Å². The third-order valence-corrected chi connectivity index (χ3v) is 4.60. The van der Waals surface area contributed by atoms with E-state index in [0.29, 0.717) is 16.7 Å². The second kappa shape index (κ2) is 5.81. The Morgan fingerprint density at radius 1 is 1.36 bits per heavy atom. The minimum absolute atomic E-state index is 0.195. The van der Waals surface area contributed by atoms with E-state index in [1.807, 2.05) is 24.3 Å². The minimum Gasteiger partial charge on any atom is -0.497 e. The van der Waals surface area contributed by atoms with E-state index in [9.17, 15) is 4.79 Å². The van der Waals surface area contributed by atoms with Crippen LogP contribution in [0, 0.1) is 0 Å². The van der Waals surface area contributed by atoms with Gasteiger partial charge in [0.1, 0.15) is 11.4 Å². The summed E-state index contributed by atoms with van der Waals surface area (Å²) in [5.41, 5.74) is 1.40. The van der Waals surface area contributed by atoms with Gasteiger partial charge in [0, 0.05) is 22.0 Å². The van der Waals surface area contributed by atoms with Crippen LogP contribution in [0.2, 0.25) is 0 Å². The van der Waals surface area contributed by atoms with E-state index in [0.717, 1.165) is 21.5 Å². The van der Waals surface area contributed by atoms with Crippen molar-refractivity contribution in [1.82, 2.24) is 9.97 Å². The number of carbonyl (C=O) groups excluding carboxylic acids is 1. The van der Waals surface area contributed by atoms with Crippen LogP contribution in [0.4, 0.5) is 5.13 Å². The highest BCUT2D eigenvalue weighted by Gasteiger charge is 2.13. The number of benzene rings is 1. The Labute approximate surface area is 132 Å². The zero-order valence-corrected chi connectivity index (χ0v) is 13.5. The molecule has 1 aromatic carbocycles. The summed E-state index contributed by atoms with van der Waals surface area (Å²) in [6.45, 7) is 4.20. The molecule has 22 heavy (non-hydrogen) atoms. The molecular formula is C16H17N3O2S. The molecule has 3 aromatic rings. The van der Waals surface area contributed by atoms with Gasteiger partial charge in [0.25, 0.3) is 5.91 Å². The molecule has 5 nitrogen and oxygen atoms in total. The summed E-state index contributed by atoms with van der Waals surface area (Å²) in [7, 11) is 1.62. The molecule has 0 spiro atoms. The number of anilines is 1. The lowest BCUT2D eigenvalue weighted by Gasteiger charge is -1.99. The number of fused-ring (bicyclic) bond motifs is 1. The molecule has 0 fully saturated rings. The van der Waals surface area contributed by atoms with Gasteiger partial charge in [-0.15, -0.1) is 11.3 Å². The summed E-state index contributed by atoms with van der Waals surface area (Å²) in [6, 6.07) is 7.45. The fourth-order valence-electron chi connectivity index (χ4n) is 2.14. The van der Waals surface area contributed by atoms with Gasteiger partial charge in [-0.25, -0.2) is 4.98 Å². The number of hydrogen-bond acceptors (Lipinski definition) is 4. The topological polar surface area (TPSA) is 67.0 Å². The maximum Gasteiger partial charge on any atom is 0.273 e. The highest BCUT2D eigenvalue weighted by atomic mass is 32.1. The first-order valence-corrected chi connectivity index (χ1v) is 7.82.